The molecule has 0 saturated heterocycles. The van der Waals surface area contributed by atoms with E-state index in [9.17, 15) is 0 Å². The Morgan fingerprint density at radius 3 is 3.00 bits per heavy atom. The third-order valence-corrected chi connectivity index (χ3v) is 5.19. The minimum absolute atomic E-state index is 0.675. The van der Waals surface area contributed by atoms with Crippen LogP contribution in [0.4, 0.5) is 0 Å². The van der Waals surface area contributed by atoms with Crippen molar-refractivity contribution in [3.05, 3.63) is 5.01 Å². The SMILES string of the molecule is CCCNC1CCCC1Sc1nnc(C)s1. The van der Waals surface area contributed by atoms with E-state index in [1.54, 1.807) is 11.3 Å². The summed E-state index contributed by atoms with van der Waals surface area (Å²) in [4.78, 5) is 0. The highest BCUT2D eigenvalue weighted by molar-refractivity contribution is 8.01. The van der Waals surface area contributed by atoms with Gasteiger partial charge in [0.05, 0.1) is 0 Å². The van der Waals surface area contributed by atoms with E-state index in [0.717, 1.165) is 15.9 Å². The first kappa shape index (κ1) is 12.3. The molecule has 0 radical (unpaired) electrons. The van der Waals surface area contributed by atoms with Crippen molar-refractivity contribution in [2.45, 2.75) is 55.2 Å². The number of thioether (sulfide) groups is 1. The van der Waals surface area contributed by atoms with Crippen LogP contribution in [0.5, 0.6) is 0 Å². The molecule has 1 heterocycles. The Bertz CT molecular complexity index is 327. The summed E-state index contributed by atoms with van der Waals surface area (Å²) < 4.78 is 1.13. The summed E-state index contributed by atoms with van der Waals surface area (Å²) in [7, 11) is 0. The zero-order valence-electron chi connectivity index (χ0n) is 9.90. The van der Waals surface area contributed by atoms with Crippen LogP contribution >= 0.6 is 23.1 Å². The second-order valence-corrected chi connectivity index (χ2v) is 6.90. The molecular formula is C11H19N3S2. The quantitative estimate of drug-likeness (QED) is 0.880. The van der Waals surface area contributed by atoms with Crippen LogP contribution in [-0.2, 0) is 0 Å². The molecule has 1 aliphatic carbocycles. The molecule has 16 heavy (non-hydrogen) atoms. The highest BCUT2D eigenvalue weighted by atomic mass is 32.2. The lowest BCUT2D eigenvalue weighted by molar-refractivity contribution is 0.531. The first-order valence-electron chi connectivity index (χ1n) is 5.99. The fourth-order valence-corrected chi connectivity index (χ4v) is 4.45. The van der Waals surface area contributed by atoms with E-state index in [4.69, 9.17) is 0 Å². The Balaban J connectivity index is 1.88. The summed E-state index contributed by atoms with van der Waals surface area (Å²) >= 11 is 3.63. The predicted octanol–water partition coefficient (Wildman–Crippen LogP) is 2.86. The molecular weight excluding hydrogens is 238 g/mol. The maximum Gasteiger partial charge on any atom is 0.174 e. The zero-order valence-corrected chi connectivity index (χ0v) is 11.5. The van der Waals surface area contributed by atoms with Gasteiger partial charge in [-0.15, -0.1) is 10.2 Å². The summed E-state index contributed by atoms with van der Waals surface area (Å²) in [5.41, 5.74) is 0. The van der Waals surface area contributed by atoms with E-state index >= 15 is 0 Å². The summed E-state index contributed by atoms with van der Waals surface area (Å²) in [6.45, 7) is 5.37. The van der Waals surface area contributed by atoms with Crippen molar-refractivity contribution < 1.29 is 0 Å². The molecule has 1 aromatic heterocycles. The Morgan fingerprint density at radius 2 is 2.31 bits per heavy atom. The smallest absolute Gasteiger partial charge is 0.174 e. The molecule has 1 fully saturated rings. The second kappa shape index (κ2) is 5.98. The molecule has 2 unspecified atom stereocenters. The fraction of sp³-hybridized carbons (Fsp3) is 0.818. The molecule has 2 atom stereocenters. The lowest BCUT2D eigenvalue weighted by Gasteiger charge is -2.18. The third-order valence-electron chi connectivity index (χ3n) is 2.87. The van der Waals surface area contributed by atoms with Gasteiger partial charge in [0, 0.05) is 11.3 Å². The van der Waals surface area contributed by atoms with Gasteiger partial charge in [0.2, 0.25) is 0 Å². The fourth-order valence-electron chi connectivity index (χ4n) is 2.09. The van der Waals surface area contributed by atoms with Gasteiger partial charge in [0.1, 0.15) is 5.01 Å². The topological polar surface area (TPSA) is 37.8 Å². The minimum atomic E-state index is 0.675. The van der Waals surface area contributed by atoms with Gasteiger partial charge in [-0.25, -0.2) is 0 Å². The second-order valence-electron chi connectivity index (χ2n) is 4.23. The maximum absolute atomic E-state index is 4.20. The van der Waals surface area contributed by atoms with Gasteiger partial charge in [-0.1, -0.05) is 36.4 Å². The predicted molar refractivity (Wildman–Crippen MR) is 70.2 cm³/mol. The first-order valence-corrected chi connectivity index (χ1v) is 7.69. The van der Waals surface area contributed by atoms with Gasteiger partial charge in [-0.05, 0) is 32.7 Å². The molecule has 0 spiro atoms. The van der Waals surface area contributed by atoms with Crippen LogP contribution in [0.15, 0.2) is 4.34 Å². The molecule has 1 saturated carbocycles. The van der Waals surface area contributed by atoms with E-state index in [-0.39, 0.29) is 0 Å². The Kier molecular flexibility index (Phi) is 4.61. The number of rotatable bonds is 5. The van der Waals surface area contributed by atoms with Crippen LogP contribution < -0.4 is 5.32 Å². The van der Waals surface area contributed by atoms with Crippen molar-refractivity contribution in [1.82, 2.24) is 15.5 Å². The largest absolute Gasteiger partial charge is 0.313 e. The molecule has 0 aromatic carbocycles. The first-order chi connectivity index (χ1) is 7.79. The minimum Gasteiger partial charge on any atom is -0.313 e. The summed E-state index contributed by atoms with van der Waals surface area (Å²) in [5, 5.41) is 13.7. The van der Waals surface area contributed by atoms with E-state index in [1.165, 1.54) is 25.7 Å². The number of aromatic nitrogens is 2. The summed E-state index contributed by atoms with van der Waals surface area (Å²) in [6.07, 6.45) is 5.18. The van der Waals surface area contributed by atoms with Crippen LogP contribution in [0.1, 0.15) is 37.6 Å². The highest BCUT2D eigenvalue weighted by Gasteiger charge is 2.28. The van der Waals surface area contributed by atoms with Crippen LogP contribution in [0.25, 0.3) is 0 Å². The van der Waals surface area contributed by atoms with E-state index < -0.39 is 0 Å². The van der Waals surface area contributed by atoms with Crippen LogP contribution in [0, 0.1) is 6.92 Å². The lowest BCUT2D eigenvalue weighted by Crippen LogP contribution is -2.34. The van der Waals surface area contributed by atoms with E-state index in [0.29, 0.717) is 11.3 Å². The van der Waals surface area contributed by atoms with Gasteiger partial charge in [-0.3, -0.25) is 0 Å². The number of nitrogens with zero attached hydrogens (tertiary/aromatic N) is 2. The van der Waals surface area contributed by atoms with Crippen molar-refractivity contribution in [2.24, 2.45) is 0 Å². The Hall–Kier alpha value is -0.130. The molecule has 2 rings (SSSR count). The normalized spacial score (nSPS) is 25.1. The molecule has 5 heteroatoms. The van der Waals surface area contributed by atoms with Crippen LogP contribution in [0.3, 0.4) is 0 Å². The zero-order chi connectivity index (χ0) is 11.4. The average Bonchev–Trinajstić information content (AvgIpc) is 2.86. The van der Waals surface area contributed by atoms with Gasteiger partial charge in [-0.2, -0.15) is 0 Å². The standard InChI is InChI=1S/C11H19N3S2/c1-3-7-12-9-5-4-6-10(9)16-11-14-13-8(2)15-11/h9-10,12H,3-7H2,1-2H3. The van der Waals surface area contributed by atoms with Gasteiger partial charge >= 0.3 is 0 Å². The van der Waals surface area contributed by atoms with Crippen molar-refractivity contribution in [3.8, 4) is 0 Å². The van der Waals surface area contributed by atoms with Gasteiger partial charge in [0.15, 0.2) is 4.34 Å². The molecule has 1 N–H and O–H groups in total. The van der Waals surface area contributed by atoms with E-state index in [1.807, 2.05) is 18.7 Å². The summed E-state index contributed by atoms with van der Waals surface area (Å²) in [5.74, 6) is 0. The third kappa shape index (κ3) is 3.18. The Morgan fingerprint density at radius 1 is 1.44 bits per heavy atom. The number of aryl methyl sites for hydroxylation is 1. The molecule has 0 amide bonds. The maximum atomic E-state index is 4.20. The molecule has 3 nitrogen and oxygen atoms in total. The van der Waals surface area contributed by atoms with Crippen molar-refractivity contribution >= 4 is 23.1 Å². The highest BCUT2D eigenvalue weighted by Crippen LogP contribution is 2.36. The van der Waals surface area contributed by atoms with Gasteiger partial charge in [0.25, 0.3) is 0 Å². The summed E-state index contributed by atoms with van der Waals surface area (Å²) in [6, 6.07) is 0.675. The number of nitrogens with one attached hydrogen (secondary N) is 1. The molecule has 90 valence electrons. The van der Waals surface area contributed by atoms with Crippen molar-refractivity contribution in [3.63, 3.8) is 0 Å². The number of hydrogen-bond donors (Lipinski definition) is 1. The molecule has 1 aromatic rings. The van der Waals surface area contributed by atoms with Gasteiger partial charge < -0.3 is 5.32 Å². The van der Waals surface area contributed by atoms with E-state index in [2.05, 4.69) is 22.4 Å². The van der Waals surface area contributed by atoms with Crippen LogP contribution in [-0.4, -0.2) is 28.0 Å². The number of hydrogen-bond acceptors (Lipinski definition) is 5. The monoisotopic (exact) mass is 257 g/mol. The lowest BCUT2D eigenvalue weighted by atomic mass is 10.2. The Labute approximate surface area is 105 Å². The van der Waals surface area contributed by atoms with Crippen molar-refractivity contribution in [1.29, 1.82) is 0 Å². The molecule has 0 bridgehead atoms. The molecule has 0 aliphatic heterocycles. The van der Waals surface area contributed by atoms with Crippen LogP contribution in [0.2, 0.25) is 0 Å². The van der Waals surface area contributed by atoms with Crippen molar-refractivity contribution in [2.75, 3.05) is 6.54 Å². The molecule has 1 aliphatic rings. The average molecular weight is 257 g/mol.